The van der Waals surface area contributed by atoms with Crippen LogP contribution in [0.15, 0.2) is 60.7 Å². The van der Waals surface area contributed by atoms with E-state index in [1.165, 1.54) is 17.7 Å². The summed E-state index contributed by atoms with van der Waals surface area (Å²) in [6.45, 7) is 2.18. The lowest BCUT2D eigenvalue weighted by Crippen LogP contribution is -1.89. The van der Waals surface area contributed by atoms with Crippen LogP contribution in [0.4, 0.5) is 4.39 Å². The molecule has 0 saturated heterocycles. The molecule has 4 heteroatoms. The molecule has 1 N–H and O–H groups in total. The van der Waals surface area contributed by atoms with Crippen molar-refractivity contribution in [3.63, 3.8) is 0 Å². The van der Waals surface area contributed by atoms with Crippen molar-refractivity contribution in [3.05, 3.63) is 72.0 Å². The minimum absolute atomic E-state index is 0.228. The Labute approximate surface area is 162 Å². The second-order valence-electron chi connectivity index (χ2n) is 6.64. The van der Waals surface area contributed by atoms with E-state index in [-0.39, 0.29) is 11.6 Å². The summed E-state index contributed by atoms with van der Waals surface area (Å²) in [4.78, 5) is 4.83. The molecule has 0 aliphatic heterocycles. The van der Waals surface area contributed by atoms with Crippen LogP contribution in [0.25, 0.3) is 31.9 Å². The highest BCUT2D eigenvalue weighted by molar-refractivity contribution is 7.21. The number of phenols is 1. The first-order valence-corrected chi connectivity index (χ1v) is 9.95. The number of nitrogens with zero attached hydrogens (tertiary/aromatic N) is 1. The van der Waals surface area contributed by atoms with Gasteiger partial charge in [-0.3, -0.25) is 0 Å². The third-order valence-corrected chi connectivity index (χ3v) is 5.70. The first kappa shape index (κ1) is 17.7. The number of hydrogen-bond acceptors (Lipinski definition) is 3. The van der Waals surface area contributed by atoms with E-state index >= 15 is 0 Å². The van der Waals surface area contributed by atoms with Crippen LogP contribution in [-0.4, -0.2) is 10.1 Å². The van der Waals surface area contributed by atoms with Crippen LogP contribution in [0.1, 0.15) is 25.3 Å². The summed E-state index contributed by atoms with van der Waals surface area (Å²) < 4.78 is 14.5. The Balaban J connectivity index is 1.91. The molecule has 4 aromatic rings. The Morgan fingerprint density at radius 1 is 1.00 bits per heavy atom. The Bertz CT molecular complexity index is 1090. The lowest BCUT2D eigenvalue weighted by molar-refractivity contribution is 0.477. The number of fused-ring (bicyclic) bond motifs is 1. The zero-order valence-corrected chi connectivity index (χ0v) is 15.9. The fourth-order valence-corrected chi connectivity index (χ4v) is 4.32. The van der Waals surface area contributed by atoms with Gasteiger partial charge in [-0.1, -0.05) is 37.6 Å². The van der Waals surface area contributed by atoms with Crippen molar-refractivity contribution in [3.8, 4) is 27.4 Å². The molecule has 0 fully saturated rings. The number of phenolic OH excluding ortho intramolecular Hbond substituents is 1. The SMILES string of the molecule is CCCCc1cc(-c2ccc(F)cc2)c2nc(-c3ccccc3O)sc2c1. The second kappa shape index (κ2) is 7.49. The van der Waals surface area contributed by atoms with E-state index in [2.05, 4.69) is 19.1 Å². The van der Waals surface area contributed by atoms with Gasteiger partial charge in [-0.2, -0.15) is 0 Å². The number of thiazole rings is 1. The van der Waals surface area contributed by atoms with E-state index in [0.717, 1.165) is 51.2 Å². The van der Waals surface area contributed by atoms with Crippen molar-refractivity contribution in [1.29, 1.82) is 0 Å². The second-order valence-corrected chi connectivity index (χ2v) is 7.67. The van der Waals surface area contributed by atoms with Gasteiger partial charge < -0.3 is 5.11 Å². The molecule has 3 aromatic carbocycles. The highest BCUT2D eigenvalue weighted by atomic mass is 32.1. The molecule has 0 amide bonds. The van der Waals surface area contributed by atoms with E-state index in [0.29, 0.717) is 0 Å². The van der Waals surface area contributed by atoms with Gasteiger partial charge in [-0.15, -0.1) is 11.3 Å². The number of aryl methyl sites for hydroxylation is 1. The maximum absolute atomic E-state index is 13.4. The van der Waals surface area contributed by atoms with Crippen molar-refractivity contribution < 1.29 is 9.50 Å². The molecular weight excluding hydrogens is 357 g/mol. The molecule has 0 atom stereocenters. The standard InChI is InChI=1S/C23H20FNOS/c1-2-3-6-15-13-19(16-9-11-17(24)12-10-16)22-21(14-15)27-23(25-22)18-7-4-5-8-20(18)26/h4-5,7-14,26H,2-3,6H2,1H3. The molecule has 0 saturated carbocycles. The number of unbranched alkanes of at least 4 members (excludes halogenated alkanes) is 1. The molecular formula is C23H20FNOS. The number of rotatable bonds is 5. The topological polar surface area (TPSA) is 33.1 Å². The molecule has 0 unspecified atom stereocenters. The largest absolute Gasteiger partial charge is 0.507 e. The van der Waals surface area contributed by atoms with Gasteiger partial charge in [-0.05, 0) is 60.4 Å². The van der Waals surface area contributed by atoms with E-state index in [1.807, 2.05) is 12.1 Å². The van der Waals surface area contributed by atoms with Crippen LogP contribution in [0.5, 0.6) is 5.75 Å². The van der Waals surface area contributed by atoms with E-state index in [1.54, 1.807) is 35.6 Å². The molecule has 1 aromatic heterocycles. The quantitative estimate of drug-likeness (QED) is 0.414. The summed E-state index contributed by atoms with van der Waals surface area (Å²) in [5, 5.41) is 11.0. The minimum atomic E-state index is -0.245. The number of aromatic hydroxyl groups is 1. The van der Waals surface area contributed by atoms with Gasteiger partial charge in [0.1, 0.15) is 16.6 Å². The van der Waals surface area contributed by atoms with Crippen molar-refractivity contribution >= 4 is 21.6 Å². The summed E-state index contributed by atoms with van der Waals surface area (Å²) in [7, 11) is 0. The molecule has 0 bridgehead atoms. The minimum Gasteiger partial charge on any atom is -0.507 e. The maximum Gasteiger partial charge on any atom is 0.128 e. The van der Waals surface area contributed by atoms with Gasteiger partial charge in [0.2, 0.25) is 0 Å². The summed E-state index contributed by atoms with van der Waals surface area (Å²) in [5.74, 6) is -0.0172. The Morgan fingerprint density at radius 3 is 2.52 bits per heavy atom. The average molecular weight is 377 g/mol. The highest BCUT2D eigenvalue weighted by Gasteiger charge is 2.15. The first-order chi connectivity index (χ1) is 13.2. The summed E-state index contributed by atoms with van der Waals surface area (Å²) >= 11 is 1.58. The van der Waals surface area contributed by atoms with Gasteiger partial charge in [0.15, 0.2) is 0 Å². The summed E-state index contributed by atoms with van der Waals surface area (Å²) in [6, 6.07) is 18.2. The number of aromatic nitrogens is 1. The van der Waals surface area contributed by atoms with Crippen LogP contribution in [-0.2, 0) is 6.42 Å². The number of hydrogen-bond donors (Lipinski definition) is 1. The summed E-state index contributed by atoms with van der Waals surface area (Å²) in [5.41, 5.74) is 4.85. The Hall–Kier alpha value is -2.72. The van der Waals surface area contributed by atoms with Gasteiger partial charge >= 0.3 is 0 Å². The van der Waals surface area contributed by atoms with Crippen LogP contribution in [0, 0.1) is 5.82 Å². The zero-order chi connectivity index (χ0) is 18.8. The number of para-hydroxylation sites is 1. The molecule has 27 heavy (non-hydrogen) atoms. The van der Waals surface area contributed by atoms with E-state index < -0.39 is 0 Å². The molecule has 2 nitrogen and oxygen atoms in total. The molecule has 4 rings (SSSR count). The zero-order valence-electron chi connectivity index (χ0n) is 15.1. The first-order valence-electron chi connectivity index (χ1n) is 9.13. The van der Waals surface area contributed by atoms with Gasteiger partial charge in [-0.25, -0.2) is 9.37 Å². The molecule has 0 radical (unpaired) electrons. The predicted molar refractivity (Wildman–Crippen MR) is 111 cm³/mol. The van der Waals surface area contributed by atoms with E-state index in [4.69, 9.17) is 4.98 Å². The van der Waals surface area contributed by atoms with Crippen LogP contribution < -0.4 is 0 Å². The smallest absolute Gasteiger partial charge is 0.128 e. The van der Waals surface area contributed by atoms with Crippen LogP contribution in [0.2, 0.25) is 0 Å². The summed E-state index contributed by atoms with van der Waals surface area (Å²) in [6.07, 6.45) is 3.26. The lowest BCUT2D eigenvalue weighted by Gasteiger charge is -2.07. The molecule has 1 heterocycles. The third-order valence-electron chi connectivity index (χ3n) is 4.66. The molecule has 136 valence electrons. The monoisotopic (exact) mass is 377 g/mol. The van der Waals surface area contributed by atoms with E-state index in [9.17, 15) is 9.50 Å². The van der Waals surface area contributed by atoms with Crippen molar-refractivity contribution in [1.82, 2.24) is 4.98 Å². The Kier molecular flexibility index (Phi) is 4.90. The average Bonchev–Trinajstić information content (AvgIpc) is 3.10. The maximum atomic E-state index is 13.4. The fraction of sp³-hybridized carbons (Fsp3) is 0.174. The third kappa shape index (κ3) is 3.58. The van der Waals surface area contributed by atoms with Crippen LogP contribution in [0.3, 0.4) is 0 Å². The van der Waals surface area contributed by atoms with Crippen molar-refractivity contribution in [2.45, 2.75) is 26.2 Å². The highest BCUT2D eigenvalue weighted by Crippen LogP contribution is 2.39. The van der Waals surface area contributed by atoms with Gasteiger partial charge in [0, 0.05) is 5.56 Å². The number of benzene rings is 3. The lowest BCUT2D eigenvalue weighted by atomic mass is 9.99. The fourth-order valence-electron chi connectivity index (χ4n) is 3.23. The molecule has 0 aliphatic rings. The molecule has 0 spiro atoms. The Morgan fingerprint density at radius 2 is 1.78 bits per heavy atom. The predicted octanol–water partition coefficient (Wildman–Crippen LogP) is 6.82. The van der Waals surface area contributed by atoms with Gasteiger partial charge in [0.25, 0.3) is 0 Å². The van der Waals surface area contributed by atoms with Crippen molar-refractivity contribution in [2.75, 3.05) is 0 Å². The van der Waals surface area contributed by atoms with Crippen LogP contribution >= 0.6 is 11.3 Å². The molecule has 0 aliphatic carbocycles. The van der Waals surface area contributed by atoms with Crippen molar-refractivity contribution in [2.24, 2.45) is 0 Å². The van der Waals surface area contributed by atoms with Gasteiger partial charge in [0.05, 0.1) is 15.8 Å². The normalized spacial score (nSPS) is 11.2. The number of halogens is 1.